The molecule has 0 bridgehead atoms. The smallest absolute Gasteiger partial charge is 0.266 e. The van der Waals surface area contributed by atoms with Gasteiger partial charge in [-0.3, -0.25) is 9.59 Å². The predicted molar refractivity (Wildman–Crippen MR) is 138 cm³/mol. The number of amides is 2. The maximum absolute atomic E-state index is 13.7. The molecule has 3 aromatic carbocycles. The quantitative estimate of drug-likeness (QED) is 0.289. The highest BCUT2D eigenvalue weighted by Crippen LogP contribution is 2.38. The molecule has 35 heavy (non-hydrogen) atoms. The van der Waals surface area contributed by atoms with Crippen molar-refractivity contribution in [2.45, 2.75) is 20.8 Å². The third kappa shape index (κ3) is 5.27. The monoisotopic (exact) mass is 492 g/mol. The van der Waals surface area contributed by atoms with E-state index in [0.29, 0.717) is 57.5 Å². The third-order valence-electron chi connectivity index (χ3n) is 5.32. The second-order valence-corrected chi connectivity index (χ2v) is 8.73. The molecule has 4 rings (SSSR count). The summed E-state index contributed by atoms with van der Waals surface area (Å²) in [5.41, 5.74) is 2.04. The number of anilines is 2. The summed E-state index contributed by atoms with van der Waals surface area (Å²) in [5, 5.41) is 6.47. The molecule has 0 radical (unpaired) electrons. The van der Waals surface area contributed by atoms with Crippen LogP contribution in [0.2, 0.25) is 0 Å². The molecule has 0 atom stereocenters. The molecule has 6 nitrogen and oxygen atoms in total. The maximum atomic E-state index is 13.7. The largest absolute Gasteiger partial charge is 0.492 e. The van der Waals surface area contributed by atoms with Crippen LogP contribution in [-0.4, -0.2) is 25.0 Å². The first-order valence-electron chi connectivity index (χ1n) is 11.2. The van der Waals surface area contributed by atoms with Crippen molar-refractivity contribution in [3.8, 4) is 11.5 Å². The zero-order valence-electron chi connectivity index (χ0n) is 19.6. The molecule has 0 fully saturated rings. The highest BCUT2D eigenvalue weighted by atomic mass is 32.1. The number of thiophene rings is 1. The molecule has 0 aliphatic heterocycles. The van der Waals surface area contributed by atoms with Crippen LogP contribution < -0.4 is 20.1 Å². The highest BCUT2D eigenvalue weighted by Gasteiger charge is 2.20. The van der Waals surface area contributed by atoms with Gasteiger partial charge in [0.25, 0.3) is 11.8 Å². The molecule has 4 aromatic rings. The number of benzene rings is 3. The second-order valence-electron chi connectivity index (χ2n) is 7.68. The van der Waals surface area contributed by atoms with Crippen LogP contribution in [0.1, 0.15) is 39.4 Å². The molecule has 0 saturated carbocycles. The van der Waals surface area contributed by atoms with E-state index in [-0.39, 0.29) is 17.6 Å². The summed E-state index contributed by atoms with van der Waals surface area (Å²) < 4.78 is 26.1. The summed E-state index contributed by atoms with van der Waals surface area (Å²) in [6.07, 6.45) is 0. The molecule has 8 heteroatoms. The number of nitrogens with one attached hydrogen (secondary N) is 2. The standard InChI is InChI=1S/C27H25FN2O4S/c1-4-33-22-15-21(30-27(32)25-16(3)19-13-18(28)11-12-24(19)35-25)23(34-5-2)14-20(22)29-26(31)17-9-7-6-8-10-17/h6-15H,4-5H2,1-3H3,(H,29,31)(H,30,32). The van der Waals surface area contributed by atoms with Gasteiger partial charge in [-0.05, 0) is 62.1 Å². The van der Waals surface area contributed by atoms with Crippen molar-refractivity contribution in [3.05, 3.63) is 82.5 Å². The summed E-state index contributed by atoms with van der Waals surface area (Å²) in [6, 6.07) is 16.6. The van der Waals surface area contributed by atoms with Crippen LogP contribution >= 0.6 is 11.3 Å². The Morgan fingerprint density at radius 3 is 2.06 bits per heavy atom. The zero-order chi connectivity index (χ0) is 24.9. The van der Waals surface area contributed by atoms with Crippen LogP contribution in [0, 0.1) is 12.7 Å². The lowest BCUT2D eigenvalue weighted by atomic mass is 10.1. The molecule has 0 spiro atoms. The molecule has 0 unspecified atom stereocenters. The number of fused-ring (bicyclic) bond motifs is 1. The Kier molecular flexibility index (Phi) is 7.31. The van der Waals surface area contributed by atoms with Crippen LogP contribution in [0.3, 0.4) is 0 Å². The van der Waals surface area contributed by atoms with Crippen molar-refractivity contribution >= 4 is 44.6 Å². The van der Waals surface area contributed by atoms with Crippen molar-refractivity contribution in [1.82, 2.24) is 0 Å². The van der Waals surface area contributed by atoms with E-state index >= 15 is 0 Å². The lowest BCUT2D eigenvalue weighted by Crippen LogP contribution is -2.15. The van der Waals surface area contributed by atoms with Gasteiger partial charge in [0.05, 0.1) is 29.5 Å². The van der Waals surface area contributed by atoms with Gasteiger partial charge in [-0.15, -0.1) is 11.3 Å². The lowest BCUT2D eigenvalue weighted by molar-refractivity contribution is 0.101. The lowest BCUT2D eigenvalue weighted by Gasteiger charge is -2.18. The van der Waals surface area contributed by atoms with Gasteiger partial charge in [0.15, 0.2) is 0 Å². The van der Waals surface area contributed by atoms with E-state index in [4.69, 9.17) is 9.47 Å². The topological polar surface area (TPSA) is 76.7 Å². The van der Waals surface area contributed by atoms with Crippen molar-refractivity contribution in [3.63, 3.8) is 0 Å². The fraction of sp³-hybridized carbons (Fsp3) is 0.185. The number of carbonyl (C=O) groups excluding carboxylic acids is 2. The minimum atomic E-state index is -0.349. The number of halogens is 1. The summed E-state index contributed by atoms with van der Waals surface area (Å²) in [7, 11) is 0. The Morgan fingerprint density at radius 2 is 1.46 bits per heavy atom. The number of hydrogen-bond donors (Lipinski definition) is 2. The normalized spacial score (nSPS) is 10.7. The van der Waals surface area contributed by atoms with Gasteiger partial charge in [0.2, 0.25) is 0 Å². The van der Waals surface area contributed by atoms with Gasteiger partial charge in [-0.1, -0.05) is 18.2 Å². The molecule has 0 aliphatic rings. The van der Waals surface area contributed by atoms with Crippen LogP contribution in [0.15, 0.2) is 60.7 Å². The van der Waals surface area contributed by atoms with E-state index < -0.39 is 0 Å². The Morgan fingerprint density at radius 1 is 0.857 bits per heavy atom. The van der Waals surface area contributed by atoms with E-state index in [1.165, 1.54) is 23.5 Å². The van der Waals surface area contributed by atoms with Gasteiger partial charge in [0, 0.05) is 22.4 Å². The first-order chi connectivity index (χ1) is 16.9. The number of hydrogen-bond acceptors (Lipinski definition) is 5. The van der Waals surface area contributed by atoms with Gasteiger partial charge in [0.1, 0.15) is 17.3 Å². The number of aryl methyl sites for hydroxylation is 1. The molecular formula is C27H25FN2O4S. The fourth-order valence-electron chi connectivity index (χ4n) is 3.68. The van der Waals surface area contributed by atoms with E-state index in [1.807, 2.05) is 19.9 Å². The molecular weight excluding hydrogens is 467 g/mol. The van der Waals surface area contributed by atoms with Crippen molar-refractivity contribution in [2.24, 2.45) is 0 Å². The molecule has 0 saturated heterocycles. The summed E-state index contributed by atoms with van der Waals surface area (Å²) >= 11 is 1.30. The SMILES string of the molecule is CCOc1cc(NC(=O)c2sc3ccc(F)cc3c2C)c(OCC)cc1NC(=O)c1ccccc1. The van der Waals surface area contributed by atoms with E-state index in [1.54, 1.807) is 49.4 Å². The Hall–Kier alpha value is -3.91. The minimum absolute atomic E-state index is 0.293. The van der Waals surface area contributed by atoms with E-state index in [0.717, 1.165) is 4.70 Å². The number of ether oxygens (including phenoxy) is 2. The Labute approximate surface area is 206 Å². The third-order valence-corrected chi connectivity index (χ3v) is 6.59. The summed E-state index contributed by atoms with van der Waals surface area (Å²) in [6.45, 7) is 6.16. The Bertz CT molecular complexity index is 1390. The van der Waals surface area contributed by atoms with Crippen LogP contribution in [0.25, 0.3) is 10.1 Å². The minimum Gasteiger partial charge on any atom is -0.492 e. The zero-order valence-corrected chi connectivity index (χ0v) is 20.4. The van der Waals surface area contributed by atoms with Crippen LogP contribution in [0.4, 0.5) is 15.8 Å². The van der Waals surface area contributed by atoms with Crippen LogP contribution in [0.5, 0.6) is 11.5 Å². The second kappa shape index (κ2) is 10.6. The first kappa shape index (κ1) is 24.2. The molecule has 180 valence electrons. The molecule has 0 aliphatic carbocycles. The Balaban J connectivity index is 1.67. The average Bonchev–Trinajstić information content (AvgIpc) is 3.18. The van der Waals surface area contributed by atoms with Gasteiger partial charge in [-0.2, -0.15) is 0 Å². The molecule has 1 heterocycles. The van der Waals surface area contributed by atoms with Gasteiger partial charge >= 0.3 is 0 Å². The maximum Gasteiger partial charge on any atom is 0.266 e. The summed E-state index contributed by atoms with van der Waals surface area (Å²) in [4.78, 5) is 26.4. The summed E-state index contributed by atoms with van der Waals surface area (Å²) in [5.74, 6) is -0.200. The molecule has 2 N–H and O–H groups in total. The van der Waals surface area contributed by atoms with Crippen LogP contribution in [-0.2, 0) is 0 Å². The number of rotatable bonds is 8. The van der Waals surface area contributed by atoms with Crippen molar-refractivity contribution in [1.29, 1.82) is 0 Å². The average molecular weight is 493 g/mol. The number of carbonyl (C=O) groups is 2. The van der Waals surface area contributed by atoms with Crippen molar-refractivity contribution < 1.29 is 23.5 Å². The first-order valence-corrected chi connectivity index (χ1v) is 12.0. The van der Waals surface area contributed by atoms with E-state index in [9.17, 15) is 14.0 Å². The predicted octanol–water partition coefficient (Wildman–Crippen LogP) is 6.65. The highest BCUT2D eigenvalue weighted by molar-refractivity contribution is 7.21. The van der Waals surface area contributed by atoms with Crippen molar-refractivity contribution in [2.75, 3.05) is 23.8 Å². The van der Waals surface area contributed by atoms with E-state index in [2.05, 4.69) is 10.6 Å². The van der Waals surface area contributed by atoms with Gasteiger partial charge < -0.3 is 20.1 Å². The molecule has 2 amide bonds. The molecule has 1 aromatic heterocycles. The van der Waals surface area contributed by atoms with Gasteiger partial charge in [-0.25, -0.2) is 4.39 Å². The fourth-order valence-corrected chi connectivity index (χ4v) is 4.76.